The van der Waals surface area contributed by atoms with Crippen molar-refractivity contribution in [1.82, 2.24) is 0 Å². The molecule has 2 aromatic carbocycles. The summed E-state index contributed by atoms with van der Waals surface area (Å²) in [5, 5.41) is 1.75. The summed E-state index contributed by atoms with van der Waals surface area (Å²) in [7, 11) is -0.442. The summed E-state index contributed by atoms with van der Waals surface area (Å²) in [6.07, 6.45) is 0. The molecule has 1 heterocycles. The summed E-state index contributed by atoms with van der Waals surface area (Å²) in [5.74, 6) is 2.73. The molecule has 3 heteroatoms. The number of fused-ring (bicyclic) bond motifs is 1. The fraction of sp³-hybridized carbons (Fsp3) is 0.538. The Kier molecular flexibility index (Phi) is 5.59. The minimum atomic E-state index is -2.21. The Morgan fingerprint density at radius 3 is 2.03 bits per heavy atom. The first kappa shape index (κ1) is 22.2. The van der Waals surface area contributed by atoms with E-state index in [1.807, 2.05) is 0 Å². The SMILES string of the molecule is COc1cccc(C)c1-c1cccc2c1[PH](C(C)(C)C)(C(C)(C)C)C(C(C)C)O2. The van der Waals surface area contributed by atoms with Gasteiger partial charge in [-0.3, -0.25) is 0 Å². The van der Waals surface area contributed by atoms with Crippen molar-refractivity contribution in [2.45, 2.75) is 78.5 Å². The molecule has 160 valence electrons. The minimum absolute atomic E-state index is 0.136. The average molecular weight is 415 g/mol. The van der Waals surface area contributed by atoms with Gasteiger partial charge in [-0.2, -0.15) is 0 Å². The Morgan fingerprint density at radius 2 is 1.52 bits per heavy atom. The standard InChI is InChI=1S/C26H39O2P/c1-17(2)24-28-21-16-12-14-19(22-18(3)13-11-15-20(22)27-10)23(21)29(24,25(4,5)6)26(7,8)9/h11-17,24,29H,1-10H3. The van der Waals surface area contributed by atoms with Crippen LogP contribution in [0.5, 0.6) is 11.5 Å². The van der Waals surface area contributed by atoms with Gasteiger partial charge in [0.2, 0.25) is 0 Å². The molecule has 2 aromatic rings. The van der Waals surface area contributed by atoms with Crippen LogP contribution in [0.25, 0.3) is 11.1 Å². The molecule has 0 saturated heterocycles. The first-order chi connectivity index (χ1) is 13.4. The number of methoxy groups -OCH3 is 1. The topological polar surface area (TPSA) is 18.5 Å². The normalized spacial score (nSPS) is 19.6. The molecule has 2 nitrogen and oxygen atoms in total. The summed E-state index contributed by atoms with van der Waals surface area (Å²) in [4.78, 5) is 0. The molecular weight excluding hydrogens is 375 g/mol. The van der Waals surface area contributed by atoms with Gasteiger partial charge < -0.3 is 0 Å². The molecule has 0 N–H and O–H groups in total. The molecule has 29 heavy (non-hydrogen) atoms. The zero-order chi connectivity index (χ0) is 21.8. The van der Waals surface area contributed by atoms with Crippen LogP contribution in [0.3, 0.4) is 0 Å². The van der Waals surface area contributed by atoms with Crippen molar-refractivity contribution in [2.75, 3.05) is 7.11 Å². The molecule has 3 rings (SSSR count). The summed E-state index contributed by atoms with van der Waals surface area (Å²) in [6.45, 7) is 21.4. The number of hydrogen-bond acceptors (Lipinski definition) is 2. The van der Waals surface area contributed by atoms with Crippen molar-refractivity contribution >= 4 is 12.6 Å². The third-order valence-corrected chi connectivity index (χ3v) is 14.5. The van der Waals surface area contributed by atoms with E-state index >= 15 is 0 Å². The molecule has 0 bridgehead atoms. The fourth-order valence-corrected chi connectivity index (χ4v) is 14.3. The second kappa shape index (κ2) is 7.31. The first-order valence-corrected chi connectivity index (χ1v) is 12.9. The fourth-order valence-electron chi connectivity index (χ4n) is 6.13. The Balaban J connectivity index is 2.49. The summed E-state index contributed by atoms with van der Waals surface area (Å²) < 4.78 is 12.7. The Hall–Kier alpha value is -1.53. The second-order valence-electron chi connectivity index (χ2n) is 10.9. The zero-order valence-corrected chi connectivity index (χ0v) is 20.9. The molecule has 0 saturated carbocycles. The van der Waals surface area contributed by atoms with E-state index in [0.717, 1.165) is 11.5 Å². The van der Waals surface area contributed by atoms with Gasteiger partial charge in [-0.1, -0.05) is 0 Å². The molecule has 0 fully saturated rings. The predicted octanol–water partition coefficient (Wildman–Crippen LogP) is 7.02. The van der Waals surface area contributed by atoms with Gasteiger partial charge in [0.15, 0.2) is 0 Å². The van der Waals surface area contributed by atoms with E-state index in [1.54, 1.807) is 7.11 Å². The van der Waals surface area contributed by atoms with Gasteiger partial charge in [0.1, 0.15) is 0 Å². The van der Waals surface area contributed by atoms with Crippen LogP contribution in [-0.4, -0.2) is 23.3 Å². The predicted molar refractivity (Wildman–Crippen MR) is 130 cm³/mol. The van der Waals surface area contributed by atoms with Crippen molar-refractivity contribution in [2.24, 2.45) is 5.92 Å². The monoisotopic (exact) mass is 414 g/mol. The molecule has 0 amide bonds. The average Bonchev–Trinajstić information content (AvgIpc) is 2.98. The van der Waals surface area contributed by atoms with Crippen LogP contribution in [0.1, 0.15) is 61.0 Å². The van der Waals surface area contributed by atoms with Crippen LogP contribution in [0.15, 0.2) is 36.4 Å². The van der Waals surface area contributed by atoms with Crippen LogP contribution >= 0.6 is 7.26 Å². The molecule has 0 aliphatic carbocycles. The van der Waals surface area contributed by atoms with Crippen LogP contribution in [-0.2, 0) is 0 Å². The molecular formula is C26H39O2P. The van der Waals surface area contributed by atoms with Crippen LogP contribution in [0.2, 0.25) is 0 Å². The number of hydrogen-bond donors (Lipinski definition) is 0. The van der Waals surface area contributed by atoms with E-state index in [2.05, 4.69) is 98.7 Å². The third-order valence-electron chi connectivity index (χ3n) is 6.80. The molecule has 0 spiro atoms. The summed E-state index contributed by atoms with van der Waals surface area (Å²) in [5.41, 5.74) is 3.76. The molecule has 1 atom stereocenters. The van der Waals surface area contributed by atoms with E-state index < -0.39 is 7.26 Å². The number of rotatable bonds is 3. The molecule has 0 radical (unpaired) electrons. The quantitative estimate of drug-likeness (QED) is 0.503. The number of aryl methyl sites for hydroxylation is 1. The van der Waals surface area contributed by atoms with Crippen LogP contribution in [0, 0.1) is 12.8 Å². The van der Waals surface area contributed by atoms with Crippen molar-refractivity contribution in [3.8, 4) is 22.6 Å². The maximum absolute atomic E-state index is 6.83. The van der Waals surface area contributed by atoms with Crippen molar-refractivity contribution < 1.29 is 9.47 Å². The van der Waals surface area contributed by atoms with E-state index in [9.17, 15) is 0 Å². The van der Waals surface area contributed by atoms with E-state index in [0.29, 0.717) is 5.92 Å². The van der Waals surface area contributed by atoms with Crippen LogP contribution in [0.4, 0.5) is 0 Å². The van der Waals surface area contributed by atoms with E-state index in [4.69, 9.17) is 9.47 Å². The first-order valence-electron chi connectivity index (χ1n) is 10.8. The van der Waals surface area contributed by atoms with Gasteiger partial charge in [0.05, 0.1) is 0 Å². The summed E-state index contributed by atoms with van der Waals surface area (Å²) >= 11 is 0. The van der Waals surface area contributed by atoms with Gasteiger partial charge in [-0.15, -0.1) is 0 Å². The van der Waals surface area contributed by atoms with Crippen molar-refractivity contribution in [3.05, 3.63) is 42.0 Å². The second-order valence-corrected chi connectivity index (χ2v) is 16.6. The maximum atomic E-state index is 6.83. The molecule has 1 aliphatic rings. The van der Waals surface area contributed by atoms with E-state index in [1.165, 1.54) is 22.0 Å². The Labute approximate surface area is 178 Å². The van der Waals surface area contributed by atoms with Gasteiger partial charge in [0, 0.05) is 0 Å². The van der Waals surface area contributed by atoms with Gasteiger partial charge >= 0.3 is 178 Å². The van der Waals surface area contributed by atoms with Crippen molar-refractivity contribution in [1.29, 1.82) is 0 Å². The van der Waals surface area contributed by atoms with Crippen molar-refractivity contribution in [3.63, 3.8) is 0 Å². The molecule has 1 unspecified atom stereocenters. The van der Waals surface area contributed by atoms with Gasteiger partial charge in [0.25, 0.3) is 0 Å². The van der Waals surface area contributed by atoms with Gasteiger partial charge in [-0.05, 0) is 0 Å². The Morgan fingerprint density at radius 1 is 0.931 bits per heavy atom. The van der Waals surface area contributed by atoms with E-state index in [-0.39, 0.29) is 16.2 Å². The molecule has 1 aliphatic heterocycles. The Bertz CT molecular complexity index is 886. The number of ether oxygens (including phenoxy) is 2. The van der Waals surface area contributed by atoms with Crippen LogP contribution < -0.4 is 14.8 Å². The number of benzene rings is 2. The van der Waals surface area contributed by atoms with Gasteiger partial charge in [-0.25, -0.2) is 0 Å². The third kappa shape index (κ3) is 3.19. The molecule has 0 aromatic heterocycles. The zero-order valence-electron chi connectivity index (χ0n) is 19.9. The summed E-state index contributed by atoms with van der Waals surface area (Å²) in [6, 6.07) is 13.0.